The predicted octanol–water partition coefficient (Wildman–Crippen LogP) is 2.34. The molecule has 0 saturated heterocycles. The van der Waals surface area contributed by atoms with Gasteiger partial charge in [0.25, 0.3) is 0 Å². The fraction of sp³-hybridized carbons (Fsp3) is 0.923. The van der Waals surface area contributed by atoms with Crippen molar-refractivity contribution in [2.75, 3.05) is 7.05 Å². The van der Waals surface area contributed by atoms with Crippen molar-refractivity contribution in [3.05, 3.63) is 0 Å². The van der Waals surface area contributed by atoms with Crippen LogP contribution in [0.3, 0.4) is 0 Å². The summed E-state index contributed by atoms with van der Waals surface area (Å²) in [7, 11) is 1.66. The Morgan fingerprint density at radius 3 is 2.38 bits per heavy atom. The molecule has 0 aliphatic rings. The highest BCUT2D eigenvalue weighted by Gasteiger charge is 2.23. The molecule has 2 atom stereocenters. The fourth-order valence-corrected chi connectivity index (χ4v) is 1.59. The van der Waals surface area contributed by atoms with E-state index in [1.54, 1.807) is 7.05 Å². The van der Waals surface area contributed by atoms with Gasteiger partial charge in [-0.25, -0.2) is 0 Å². The summed E-state index contributed by atoms with van der Waals surface area (Å²) < 4.78 is 0. The van der Waals surface area contributed by atoms with Gasteiger partial charge in [-0.1, -0.05) is 34.1 Å². The molecule has 0 aromatic rings. The molecular formula is C13H27NO2. The van der Waals surface area contributed by atoms with Crippen LogP contribution in [0.2, 0.25) is 0 Å². The van der Waals surface area contributed by atoms with Crippen LogP contribution in [0.5, 0.6) is 0 Å². The molecule has 0 radical (unpaired) electrons. The molecule has 0 unspecified atom stereocenters. The van der Waals surface area contributed by atoms with E-state index in [-0.39, 0.29) is 17.4 Å². The van der Waals surface area contributed by atoms with Gasteiger partial charge in [-0.15, -0.1) is 0 Å². The number of hydrogen-bond donors (Lipinski definition) is 2. The lowest BCUT2D eigenvalue weighted by molar-refractivity contribution is -0.120. The van der Waals surface area contributed by atoms with E-state index in [0.29, 0.717) is 12.3 Å². The standard InChI is InChI=1S/C13H27NO2/c1-10(7-6-8-12(16)14-5)9-11(15)13(2,3)4/h10-11,15H,6-9H2,1-5H3,(H,14,16)/t10-,11+/m1/s1. The second-order valence-electron chi connectivity index (χ2n) is 5.79. The largest absolute Gasteiger partial charge is 0.393 e. The van der Waals surface area contributed by atoms with Crippen LogP contribution in [0, 0.1) is 11.3 Å². The van der Waals surface area contributed by atoms with Crippen molar-refractivity contribution in [2.45, 2.75) is 59.5 Å². The summed E-state index contributed by atoms with van der Waals surface area (Å²) >= 11 is 0. The second-order valence-corrected chi connectivity index (χ2v) is 5.79. The van der Waals surface area contributed by atoms with Gasteiger partial charge >= 0.3 is 0 Å². The van der Waals surface area contributed by atoms with Crippen molar-refractivity contribution in [2.24, 2.45) is 11.3 Å². The van der Waals surface area contributed by atoms with Crippen molar-refractivity contribution in [1.29, 1.82) is 0 Å². The van der Waals surface area contributed by atoms with Crippen LogP contribution in [0.25, 0.3) is 0 Å². The lowest BCUT2D eigenvalue weighted by Gasteiger charge is -2.28. The molecule has 96 valence electrons. The second kappa shape index (κ2) is 6.89. The average Bonchev–Trinajstić information content (AvgIpc) is 2.15. The van der Waals surface area contributed by atoms with Crippen LogP contribution in [-0.2, 0) is 4.79 Å². The SMILES string of the molecule is CNC(=O)CCC[C@@H](C)C[C@H](O)C(C)(C)C. The molecule has 3 heteroatoms. The van der Waals surface area contributed by atoms with Gasteiger partial charge < -0.3 is 10.4 Å². The first-order valence-corrected chi connectivity index (χ1v) is 6.16. The van der Waals surface area contributed by atoms with Crippen molar-refractivity contribution in [1.82, 2.24) is 5.32 Å². The van der Waals surface area contributed by atoms with E-state index >= 15 is 0 Å². The lowest BCUT2D eigenvalue weighted by Crippen LogP contribution is -2.28. The van der Waals surface area contributed by atoms with Gasteiger partial charge in [-0.2, -0.15) is 0 Å². The van der Waals surface area contributed by atoms with E-state index in [2.05, 4.69) is 33.0 Å². The highest BCUT2D eigenvalue weighted by molar-refractivity contribution is 5.75. The number of aliphatic hydroxyl groups excluding tert-OH is 1. The van der Waals surface area contributed by atoms with Gasteiger partial charge in [-0.05, 0) is 24.2 Å². The minimum Gasteiger partial charge on any atom is -0.393 e. The zero-order chi connectivity index (χ0) is 12.8. The molecule has 0 heterocycles. The summed E-state index contributed by atoms with van der Waals surface area (Å²) in [6, 6.07) is 0. The van der Waals surface area contributed by atoms with Gasteiger partial charge in [0.2, 0.25) is 5.91 Å². The maximum atomic E-state index is 11.0. The Balaban J connectivity index is 3.74. The number of nitrogens with one attached hydrogen (secondary N) is 1. The maximum Gasteiger partial charge on any atom is 0.219 e. The molecule has 3 nitrogen and oxygen atoms in total. The van der Waals surface area contributed by atoms with Crippen LogP contribution in [0.4, 0.5) is 0 Å². The minimum atomic E-state index is -0.262. The average molecular weight is 229 g/mol. The molecule has 0 fully saturated rings. The Kier molecular flexibility index (Phi) is 6.65. The summed E-state index contributed by atoms with van der Waals surface area (Å²) in [5.41, 5.74) is -0.0466. The molecule has 0 aromatic heterocycles. The van der Waals surface area contributed by atoms with Gasteiger partial charge in [-0.3, -0.25) is 4.79 Å². The van der Waals surface area contributed by atoms with E-state index < -0.39 is 0 Å². The molecule has 0 bridgehead atoms. The van der Waals surface area contributed by atoms with Crippen LogP contribution in [-0.4, -0.2) is 24.2 Å². The first-order valence-electron chi connectivity index (χ1n) is 6.16. The normalized spacial score (nSPS) is 15.6. The fourth-order valence-electron chi connectivity index (χ4n) is 1.59. The predicted molar refractivity (Wildman–Crippen MR) is 67.2 cm³/mol. The Bertz CT molecular complexity index is 208. The number of hydrogen-bond acceptors (Lipinski definition) is 2. The van der Waals surface area contributed by atoms with Crippen molar-refractivity contribution < 1.29 is 9.90 Å². The summed E-state index contributed by atoms with van der Waals surface area (Å²) in [5, 5.41) is 12.5. The van der Waals surface area contributed by atoms with E-state index in [1.807, 2.05) is 0 Å². The third-order valence-corrected chi connectivity index (χ3v) is 3.00. The van der Waals surface area contributed by atoms with Crippen LogP contribution in [0.15, 0.2) is 0 Å². The molecule has 0 spiro atoms. The third kappa shape index (κ3) is 6.83. The van der Waals surface area contributed by atoms with Crippen molar-refractivity contribution in [3.63, 3.8) is 0 Å². The molecule has 0 aromatic carbocycles. The first-order chi connectivity index (χ1) is 7.27. The third-order valence-electron chi connectivity index (χ3n) is 3.00. The topological polar surface area (TPSA) is 49.3 Å². The molecule has 0 rings (SSSR count). The summed E-state index contributed by atoms with van der Waals surface area (Å²) in [5.74, 6) is 0.572. The number of carbonyl (C=O) groups excluding carboxylic acids is 1. The number of carbonyl (C=O) groups is 1. The lowest BCUT2D eigenvalue weighted by atomic mass is 9.83. The highest BCUT2D eigenvalue weighted by Crippen LogP contribution is 2.26. The monoisotopic (exact) mass is 229 g/mol. The molecular weight excluding hydrogens is 202 g/mol. The van der Waals surface area contributed by atoms with Crippen molar-refractivity contribution >= 4 is 5.91 Å². The zero-order valence-electron chi connectivity index (χ0n) is 11.3. The molecule has 0 aliphatic carbocycles. The smallest absolute Gasteiger partial charge is 0.219 e. The molecule has 16 heavy (non-hydrogen) atoms. The summed E-state index contributed by atoms with van der Waals surface area (Å²) in [6.07, 6.45) is 3.05. The van der Waals surface area contributed by atoms with Crippen molar-refractivity contribution in [3.8, 4) is 0 Å². The summed E-state index contributed by atoms with van der Waals surface area (Å²) in [6.45, 7) is 8.29. The Morgan fingerprint density at radius 1 is 1.38 bits per heavy atom. The Hall–Kier alpha value is -0.570. The first kappa shape index (κ1) is 15.4. The quantitative estimate of drug-likeness (QED) is 0.734. The van der Waals surface area contributed by atoms with Gasteiger partial charge in [0.05, 0.1) is 6.10 Å². The van der Waals surface area contributed by atoms with Crippen LogP contribution in [0.1, 0.15) is 53.4 Å². The summed E-state index contributed by atoms with van der Waals surface area (Å²) in [4.78, 5) is 11.0. The molecule has 0 aliphatic heterocycles. The van der Waals surface area contributed by atoms with E-state index in [4.69, 9.17) is 0 Å². The van der Waals surface area contributed by atoms with E-state index in [0.717, 1.165) is 19.3 Å². The Labute approximate surface area is 99.6 Å². The molecule has 0 saturated carbocycles. The van der Waals surface area contributed by atoms with Gasteiger partial charge in [0.15, 0.2) is 0 Å². The van der Waals surface area contributed by atoms with Crippen LogP contribution < -0.4 is 5.32 Å². The van der Waals surface area contributed by atoms with Gasteiger partial charge in [0, 0.05) is 13.5 Å². The van der Waals surface area contributed by atoms with E-state index in [1.165, 1.54) is 0 Å². The minimum absolute atomic E-state index is 0.0466. The Morgan fingerprint density at radius 2 is 1.94 bits per heavy atom. The number of amides is 1. The highest BCUT2D eigenvalue weighted by atomic mass is 16.3. The zero-order valence-corrected chi connectivity index (χ0v) is 11.3. The van der Waals surface area contributed by atoms with E-state index in [9.17, 15) is 9.90 Å². The van der Waals surface area contributed by atoms with Crippen LogP contribution >= 0.6 is 0 Å². The molecule has 2 N–H and O–H groups in total. The molecule has 1 amide bonds. The number of rotatable bonds is 6. The maximum absolute atomic E-state index is 11.0. The number of aliphatic hydroxyl groups is 1. The van der Waals surface area contributed by atoms with Gasteiger partial charge in [0.1, 0.15) is 0 Å².